The van der Waals surface area contributed by atoms with Crippen molar-refractivity contribution in [2.75, 3.05) is 10.7 Å². The molecule has 102 valence electrons. The molecule has 4 N–H and O–H groups in total. The summed E-state index contributed by atoms with van der Waals surface area (Å²) in [6.45, 7) is 1.97. The second-order valence-corrected chi connectivity index (χ2v) is 4.89. The summed E-state index contributed by atoms with van der Waals surface area (Å²) in [6.07, 6.45) is 0.754. The average Bonchev–Trinajstić information content (AvgIpc) is 2.92. The van der Waals surface area contributed by atoms with E-state index in [1.807, 2.05) is 24.4 Å². The number of nitrogens with zero attached hydrogens (tertiary/aromatic N) is 1. The minimum absolute atomic E-state index is 0.0189. The number of hydrogen-bond donors (Lipinski definition) is 3. The number of rotatable bonds is 5. The fourth-order valence-electron chi connectivity index (χ4n) is 1.70. The van der Waals surface area contributed by atoms with E-state index in [0.717, 1.165) is 17.4 Å². The molecule has 1 unspecified atom stereocenters. The molecule has 0 bridgehead atoms. The molecule has 2 rings (SSSR count). The summed E-state index contributed by atoms with van der Waals surface area (Å²) in [5, 5.41) is 4.91. The smallest absolute Gasteiger partial charge is 0.178 e. The van der Waals surface area contributed by atoms with Crippen molar-refractivity contribution in [1.29, 1.82) is 0 Å². The van der Waals surface area contributed by atoms with Crippen molar-refractivity contribution in [1.82, 2.24) is 4.98 Å². The van der Waals surface area contributed by atoms with Gasteiger partial charge in [0.1, 0.15) is 0 Å². The maximum atomic E-state index is 13.7. The van der Waals surface area contributed by atoms with E-state index >= 15 is 0 Å². The van der Waals surface area contributed by atoms with E-state index in [-0.39, 0.29) is 17.7 Å². The molecule has 0 aliphatic heterocycles. The number of thiophene rings is 1. The van der Waals surface area contributed by atoms with Crippen molar-refractivity contribution in [3.8, 4) is 0 Å². The molecule has 0 aromatic carbocycles. The highest BCUT2D eigenvalue weighted by Crippen LogP contribution is 2.27. The van der Waals surface area contributed by atoms with Crippen molar-refractivity contribution in [2.24, 2.45) is 5.84 Å². The molecular formula is C12H14F2N4S. The molecule has 7 heteroatoms. The zero-order valence-electron chi connectivity index (χ0n) is 10.3. The van der Waals surface area contributed by atoms with E-state index in [1.165, 1.54) is 0 Å². The van der Waals surface area contributed by atoms with Gasteiger partial charge in [-0.3, -0.25) is 0 Å². The zero-order valence-corrected chi connectivity index (χ0v) is 11.1. The number of nitrogens with one attached hydrogen (secondary N) is 2. The molecule has 2 aromatic heterocycles. The van der Waals surface area contributed by atoms with Gasteiger partial charge in [0.15, 0.2) is 23.3 Å². The van der Waals surface area contributed by atoms with Crippen LogP contribution in [0.1, 0.15) is 24.3 Å². The lowest BCUT2D eigenvalue weighted by Crippen LogP contribution is -2.15. The van der Waals surface area contributed by atoms with Crippen molar-refractivity contribution >= 4 is 23.0 Å². The number of nitrogens with two attached hydrogens (primary N) is 1. The van der Waals surface area contributed by atoms with Crippen LogP contribution in [0.4, 0.5) is 20.4 Å². The first-order valence-electron chi connectivity index (χ1n) is 5.78. The largest absolute Gasteiger partial charge is 0.360 e. The summed E-state index contributed by atoms with van der Waals surface area (Å²) < 4.78 is 26.9. The molecule has 0 saturated heterocycles. The van der Waals surface area contributed by atoms with Gasteiger partial charge in [-0.05, 0) is 17.9 Å². The molecule has 0 amide bonds. The number of nitrogen functional groups attached to an aromatic ring is 1. The predicted molar refractivity (Wildman–Crippen MR) is 72.9 cm³/mol. The minimum Gasteiger partial charge on any atom is -0.360 e. The van der Waals surface area contributed by atoms with Gasteiger partial charge in [0.25, 0.3) is 0 Å². The number of halogens is 2. The van der Waals surface area contributed by atoms with Gasteiger partial charge in [-0.25, -0.2) is 19.6 Å². The molecule has 2 heterocycles. The van der Waals surface area contributed by atoms with Crippen LogP contribution in [-0.2, 0) is 0 Å². The van der Waals surface area contributed by atoms with E-state index in [4.69, 9.17) is 5.84 Å². The molecule has 0 spiro atoms. The van der Waals surface area contributed by atoms with Crippen molar-refractivity contribution in [3.05, 3.63) is 40.1 Å². The Hall–Kier alpha value is -1.73. The number of pyridine rings is 1. The number of aromatic nitrogens is 1. The molecule has 0 aliphatic carbocycles. The van der Waals surface area contributed by atoms with Crippen LogP contribution in [0.15, 0.2) is 23.6 Å². The molecule has 0 fully saturated rings. The Bertz CT molecular complexity index is 545. The van der Waals surface area contributed by atoms with Gasteiger partial charge in [0, 0.05) is 10.9 Å². The Balaban J connectivity index is 2.27. The first-order chi connectivity index (χ1) is 9.15. The van der Waals surface area contributed by atoms with E-state index < -0.39 is 11.6 Å². The summed E-state index contributed by atoms with van der Waals surface area (Å²) >= 11 is 1.57. The quantitative estimate of drug-likeness (QED) is 0.582. The third kappa shape index (κ3) is 2.99. The molecule has 0 saturated carbocycles. The molecule has 19 heavy (non-hydrogen) atoms. The highest BCUT2D eigenvalue weighted by Gasteiger charge is 2.16. The maximum absolute atomic E-state index is 13.7. The normalized spacial score (nSPS) is 12.2. The lowest BCUT2D eigenvalue weighted by Gasteiger charge is -2.17. The Morgan fingerprint density at radius 3 is 2.68 bits per heavy atom. The molecule has 2 aromatic rings. The summed E-state index contributed by atoms with van der Waals surface area (Å²) in [6, 6.07) is 4.56. The third-order valence-corrected chi connectivity index (χ3v) is 3.66. The monoisotopic (exact) mass is 284 g/mol. The van der Waals surface area contributed by atoms with Crippen molar-refractivity contribution in [3.63, 3.8) is 0 Å². The lowest BCUT2D eigenvalue weighted by atomic mass is 10.2. The molecule has 1 atom stereocenters. The minimum atomic E-state index is -0.824. The molecule has 0 radical (unpaired) electrons. The molecule has 4 nitrogen and oxygen atoms in total. The Morgan fingerprint density at radius 2 is 2.11 bits per heavy atom. The fraction of sp³-hybridized carbons (Fsp3) is 0.250. The van der Waals surface area contributed by atoms with Gasteiger partial charge in [0.05, 0.1) is 6.04 Å². The van der Waals surface area contributed by atoms with Crippen LogP contribution in [-0.4, -0.2) is 4.98 Å². The third-order valence-electron chi connectivity index (χ3n) is 2.67. The number of hydrazine groups is 1. The van der Waals surface area contributed by atoms with Gasteiger partial charge in [-0.15, -0.1) is 11.3 Å². The van der Waals surface area contributed by atoms with Gasteiger partial charge >= 0.3 is 0 Å². The predicted octanol–water partition coefficient (Wildman–Crippen LogP) is 3.27. The first-order valence-corrected chi connectivity index (χ1v) is 6.66. The van der Waals surface area contributed by atoms with Crippen LogP contribution in [0.2, 0.25) is 0 Å². The van der Waals surface area contributed by atoms with Crippen molar-refractivity contribution < 1.29 is 8.78 Å². The zero-order chi connectivity index (χ0) is 13.8. The summed E-state index contributed by atoms with van der Waals surface area (Å²) in [5.74, 6) is 3.35. The summed E-state index contributed by atoms with van der Waals surface area (Å²) in [5.41, 5.74) is 2.10. The van der Waals surface area contributed by atoms with Gasteiger partial charge in [-0.2, -0.15) is 0 Å². The van der Waals surface area contributed by atoms with Gasteiger partial charge in [-0.1, -0.05) is 13.0 Å². The fourth-order valence-corrected chi connectivity index (χ4v) is 2.56. The van der Waals surface area contributed by atoms with E-state index in [0.29, 0.717) is 0 Å². The molecular weight excluding hydrogens is 270 g/mol. The van der Waals surface area contributed by atoms with Crippen LogP contribution in [0, 0.1) is 11.6 Å². The maximum Gasteiger partial charge on any atom is 0.178 e. The SMILES string of the molecule is CCC(Nc1nc(NN)c(F)cc1F)c1cccs1. The Labute approximate surface area is 113 Å². The van der Waals surface area contributed by atoms with Crippen LogP contribution >= 0.6 is 11.3 Å². The highest BCUT2D eigenvalue weighted by atomic mass is 32.1. The van der Waals surface area contributed by atoms with Gasteiger partial charge < -0.3 is 10.7 Å². The second-order valence-electron chi connectivity index (χ2n) is 3.91. The summed E-state index contributed by atoms with van der Waals surface area (Å²) in [7, 11) is 0. The number of anilines is 2. The average molecular weight is 284 g/mol. The highest BCUT2D eigenvalue weighted by molar-refractivity contribution is 7.10. The second kappa shape index (κ2) is 5.94. The van der Waals surface area contributed by atoms with E-state index in [9.17, 15) is 8.78 Å². The van der Waals surface area contributed by atoms with Crippen molar-refractivity contribution in [2.45, 2.75) is 19.4 Å². The van der Waals surface area contributed by atoms with Crippen LogP contribution in [0.3, 0.4) is 0 Å². The number of hydrogen-bond acceptors (Lipinski definition) is 5. The standard InChI is InChI=1S/C12H14F2N4S/c1-2-9(10-4-3-5-19-10)16-11-7(13)6-8(14)12(17-11)18-15/h3-6,9H,2,15H2,1H3,(H2,16,17,18). The first kappa shape index (κ1) is 13.7. The van der Waals surface area contributed by atoms with Crippen LogP contribution in [0.5, 0.6) is 0 Å². The van der Waals surface area contributed by atoms with Crippen LogP contribution < -0.4 is 16.6 Å². The topological polar surface area (TPSA) is 63.0 Å². The van der Waals surface area contributed by atoms with Gasteiger partial charge in [0.2, 0.25) is 0 Å². The Kier molecular flexibility index (Phi) is 4.28. The van der Waals surface area contributed by atoms with E-state index in [2.05, 4.69) is 15.7 Å². The Morgan fingerprint density at radius 1 is 1.37 bits per heavy atom. The molecule has 0 aliphatic rings. The lowest BCUT2D eigenvalue weighted by molar-refractivity contribution is 0.575. The van der Waals surface area contributed by atoms with Crippen LogP contribution in [0.25, 0.3) is 0 Å². The summed E-state index contributed by atoms with van der Waals surface area (Å²) in [4.78, 5) is 4.86. The van der Waals surface area contributed by atoms with E-state index in [1.54, 1.807) is 11.3 Å².